The topological polar surface area (TPSA) is 95.8 Å². The van der Waals surface area contributed by atoms with Crippen molar-refractivity contribution in [3.8, 4) is 11.5 Å². The molecule has 0 radical (unpaired) electrons. The first-order valence-corrected chi connectivity index (χ1v) is 14.4. The second-order valence-corrected chi connectivity index (χ2v) is 10.3. The number of benzene rings is 4. The first-order chi connectivity index (χ1) is 20.5. The fourth-order valence-corrected chi connectivity index (χ4v) is 4.36. The molecule has 0 saturated carbocycles. The predicted molar refractivity (Wildman–Crippen MR) is 163 cm³/mol. The van der Waals surface area contributed by atoms with Gasteiger partial charge in [0.25, 0.3) is 0 Å². The molecule has 0 amide bonds. The summed E-state index contributed by atoms with van der Waals surface area (Å²) in [5.41, 5.74) is 2.14. The summed E-state index contributed by atoms with van der Waals surface area (Å²) in [6.45, 7) is 7.86. The van der Waals surface area contributed by atoms with Crippen LogP contribution in [0.1, 0.15) is 25.0 Å². The fourth-order valence-electron chi connectivity index (χ4n) is 4.36. The van der Waals surface area contributed by atoms with Gasteiger partial charge in [-0.3, -0.25) is 0 Å². The number of aliphatic hydroxyl groups excluding tert-OH is 2. The third-order valence-corrected chi connectivity index (χ3v) is 6.37. The molecule has 0 aliphatic rings. The van der Waals surface area contributed by atoms with E-state index in [4.69, 9.17) is 28.4 Å². The van der Waals surface area contributed by atoms with Gasteiger partial charge in [0, 0.05) is 0 Å². The Kier molecular flexibility index (Phi) is 12.8. The highest BCUT2D eigenvalue weighted by Crippen LogP contribution is 2.24. The van der Waals surface area contributed by atoms with Crippen LogP contribution in [-0.4, -0.2) is 75.3 Å². The van der Waals surface area contributed by atoms with Crippen LogP contribution in [-0.2, 0) is 32.2 Å². The van der Waals surface area contributed by atoms with Crippen molar-refractivity contribution in [3.63, 3.8) is 0 Å². The number of hydrogen-bond donors (Lipinski definition) is 2. The molecular weight excluding hydrogens is 536 g/mol. The number of ether oxygens (including phenoxy) is 6. The monoisotopic (exact) mass is 578 g/mol. The molecule has 4 aromatic rings. The van der Waals surface area contributed by atoms with Gasteiger partial charge < -0.3 is 38.6 Å². The Bertz CT molecular complexity index is 1270. The minimum atomic E-state index is -0.464. The molecule has 0 saturated heterocycles. The van der Waals surface area contributed by atoms with Gasteiger partial charge in [-0.05, 0) is 82.9 Å². The third-order valence-electron chi connectivity index (χ3n) is 6.37. The van der Waals surface area contributed by atoms with Crippen LogP contribution in [0.15, 0.2) is 72.8 Å². The second kappa shape index (κ2) is 17.0. The van der Waals surface area contributed by atoms with Crippen LogP contribution >= 0.6 is 0 Å². The van der Waals surface area contributed by atoms with Gasteiger partial charge in [-0.1, -0.05) is 36.4 Å². The van der Waals surface area contributed by atoms with Crippen molar-refractivity contribution in [2.45, 2.75) is 39.3 Å². The molecule has 2 unspecified atom stereocenters. The van der Waals surface area contributed by atoms with E-state index >= 15 is 0 Å². The van der Waals surface area contributed by atoms with E-state index in [2.05, 4.69) is 24.3 Å². The van der Waals surface area contributed by atoms with Gasteiger partial charge >= 0.3 is 0 Å². The van der Waals surface area contributed by atoms with Crippen LogP contribution in [0, 0.1) is 0 Å². The van der Waals surface area contributed by atoms with Gasteiger partial charge in [0.2, 0.25) is 0 Å². The molecule has 0 fully saturated rings. The van der Waals surface area contributed by atoms with Crippen molar-refractivity contribution < 1.29 is 38.6 Å². The zero-order valence-electron chi connectivity index (χ0n) is 24.5. The third kappa shape index (κ3) is 10.9. The number of hydrogen-bond acceptors (Lipinski definition) is 8. The maximum atomic E-state index is 9.32. The molecule has 4 rings (SSSR count). The quantitative estimate of drug-likeness (QED) is 0.145. The van der Waals surface area contributed by atoms with Crippen LogP contribution in [0.5, 0.6) is 11.5 Å². The van der Waals surface area contributed by atoms with Gasteiger partial charge in [0.1, 0.15) is 24.7 Å². The average Bonchev–Trinajstić information content (AvgIpc) is 2.97. The zero-order chi connectivity index (χ0) is 29.6. The lowest BCUT2D eigenvalue weighted by Gasteiger charge is -2.11. The Morgan fingerprint density at radius 2 is 0.857 bits per heavy atom. The van der Waals surface area contributed by atoms with Crippen molar-refractivity contribution in [1.82, 2.24) is 0 Å². The summed E-state index contributed by atoms with van der Waals surface area (Å²) < 4.78 is 33.9. The van der Waals surface area contributed by atoms with E-state index in [1.165, 1.54) is 0 Å². The highest BCUT2D eigenvalue weighted by atomic mass is 16.6. The van der Waals surface area contributed by atoms with E-state index in [9.17, 15) is 10.2 Å². The van der Waals surface area contributed by atoms with Crippen molar-refractivity contribution in [2.24, 2.45) is 0 Å². The second-order valence-electron chi connectivity index (χ2n) is 10.3. The Labute approximate surface area is 247 Å². The van der Waals surface area contributed by atoms with E-state index < -0.39 is 12.2 Å². The highest BCUT2D eigenvalue weighted by Gasteiger charge is 2.04. The molecule has 226 valence electrons. The van der Waals surface area contributed by atoms with Crippen molar-refractivity contribution in [2.75, 3.05) is 52.9 Å². The normalized spacial score (nSPS) is 13.0. The maximum Gasteiger partial charge on any atom is 0.120 e. The Morgan fingerprint density at radius 3 is 1.29 bits per heavy atom. The van der Waals surface area contributed by atoms with Crippen molar-refractivity contribution >= 4 is 21.5 Å². The molecule has 0 spiro atoms. The van der Waals surface area contributed by atoms with E-state index in [0.717, 1.165) is 44.2 Å². The Balaban J connectivity index is 1.05. The van der Waals surface area contributed by atoms with Crippen LogP contribution in [0.25, 0.3) is 21.5 Å². The Hall–Kier alpha value is -3.24. The predicted octanol–water partition coefficient (Wildman–Crippen LogP) is 5.28. The number of aliphatic hydroxyl groups is 2. The Morgan fingerprint density at radius 1 is 0.476 bits per heavy atom. The summed E-state index contributed by atoms with van der Waals surface area (Å²) in [5.74, 6) is 1.60. The van der Waals surface area contributed by atoms with Gasteiger partial charge in [-0.15, -0.1) is 0 Å². The first kappa shape index (κ1) is 31.7. The highest BCUT2D eigenvalue weighted by molar-refractivity contribution is 5.85. The minimum Gasteiger partial charge on any atom is -0.491 e. The summed E-state index contributed by atoms with van der Waals surface area (Å²) >= 11 is 0. The van der Waals surface area contributed by atoms with Crippen molar-refractivity contribution in [1.29, 1.82) is 0 Å². The van der Waals surface area contributed by atoms with Gasteiger partial charge in [-0.25, -0.2) is 0 Å². The molecule has 8 heteroatoms. The molecule has 0 aliphatic carbocycles. The zero-order valence-corrected chi connectivity index (χ0v) is 24.5. The summed E-state index contributed by atoms with van der Waals surface area (Å²) in [7, 11) is 0. The molecule has 2 N–H and O–H groups in total. The first-order valence-electron chi connectivity index (χ1n) is 14.4. The maximum absolute atomic E-state index is 9.32. The van der Waals surface area contributed by atoms with Gasteiger partial charge in [0.05, 0.1) is 65.1 Å². The van der Waals surface area contributed by atoms with Crippen molar-refractivity contribution in [3.05, 3.63) is 83.9 Å². The number of rotatable bonds is 19. The molecule has 0 heterocycles. The lowest BCUT2D eigenvalue weighted by molar-refractivity contribution is 0.0274. The van der Waals surface area contributed by atoms with Gasteiger partial charge in [0.15, 0.2) is 0 Å². The molecule has 8 nitrogen and oxygen atoms in total. The lowest BCUT2D eigenvalue weighted by atomic mass is 10.1. The largest absolute Gasteiger partial charge is 0.491 e. The molecule has 42 heavy (non-hydrogen) atoms. The summed E-state index contributed by atoms with van der Waals surface area (Å²) in [5, 5.41) is 23.1. The SMILES string of the molecule is CC(O)COCc1ccc2cc(OCCOCCOCCOc3ccc4cc(COCC(C)O)ccc4c3)ccc2c1. The van der Waals surface area contributed by atoms with E-state index in [1.54, 1.807) is 13.8 Å². The van der Waals surface area contributed by atoms with E-state index in [0.29, 0.717) is 66.1 Å². The molecule has 4 aromatic carbocycles. The molecule has 0 aromatic heterocycles. The number of fused-ring (bicyclic) bond motifs is 2. The summed E-state index contributed by atoms with van der Waals surface area (Å²) in [6, 6.07) is 24.3. The minimum absolute atomic E-state index is 0.325. The van der Waals surface area contributed by atoms with Crippen LogP contribution in [0.2, 0.25) is 0 Å². The summed E-state index contributed by atoms with van der Waals surface area (Å²) in [4.78, 5) is 0. The molecular formula is C34H42O8. The fraction of sp³-hybridized carbons (Fsp3) is 0.412. The molecule has 0 aliphatic heterocycles. The van der Waals surface area contributed by atoms with E-state index in [1.807, 2.05) is 48.5 Å². The van der Waals surface area contributed by atoms with Gasteiger partial charge in [-0.2, -0.15) is 0 Å². The summed E-state index contributed by atoms with van der Waals surface area (Å²) in [6.07, 6.45) is -0.928. The smallest absolute Gasteiger partial charge is 0.120 e. The van der Waals surface area contributed by atoms with Crippen LogP contribution in [0.4, 0.5) is 0 Å². The molecule has 0 bridgehead atoms. The van der Waals surface area contributed by atoms with Crippen LogP contribution < -0.4 is 9.47 Å². The molecule has 2 atom stereocenters. The van der Waals surface area contributed by atoms with Crippen LogP contribution in [0.3, 0.4) is 0 Å². The van der Waals surface area contributed by atoms with E-state index in [-0.39, 0.29) is 0 Å². The standard InChI is InChI=1S/C34H42O8/c1-25(35)21-39-23-27-3-5-31-19-33(9-7-29(31)17-27)41-15-13-37-11-12-38-14-16-42-34-10-8-30-18-28(4-6-32(30)20-34)24-40-22-26(2)36/h3-10,17-20,25-26,35-36H,11-16,21-24H2,1-2H3. The lowest BCUT2D eigenvalue weighted by Crippen LogP contribution is -2.13. The average molecular weight is 579 g/mol.